The van der Waals surface area contributed by atoms with E-state index >= 15 is 0 Å². The van der Waals surface area contributed by atoms with Gasteiger partial charge >= 0.3 is 23.9 Å². The Balaban J connectivity index is 2.09. The first-order chi connectivity index (χ1) is 17.4. The van der Waals surface area contributed by atoms with Crippen molar-refractivity contribution in [3.05, 3.63) is 12.2 Å². The van der Waals surface area contributed by atoms with Crippen LogP contribution in [-0.4, -0.2) is 64.8 Å². The van der Waals surface area contributed by atoms with E-state index < -0.39 is 76.4 Å². The minimum atomic E-state index is -2.05. The van der Waals surface area contributed by atoms with Gasteiger partial charge in [-0.2, -0.15) is 0 Å². The lowest BCUT2D eigenvalue weighted by Gasteiger charge is -2.68. The third kappa shape index (κ3) is 3.73. The van der Waals surface area contributed by atoms with E-state index in [4.69, 9.17) is 18.9 Å². The average molecular weight is 535 g/mol. The van der Waals surface area contributed by atoms with Crippen molar-refractivity contribution in [1.82, 2.24) is 0 Å². The molecule has 9 atom stereocenters. The van der Waals surface area contributed by atoms with Crippen molar-refractivity contribution in [1.29, 1.82) is 0 Å². The fourth-order valence-electron chi connectivity index (χ4n) is 8.70. The van der Waals surface area contributed by atoms with Gasteiger partial charge in [0.05, 0.1) is 0 Å². The molecule has 4 saturated carbocycles. The third-order valence-corrected chi connectivity index (χ3v) is 9.77. The van der Waals surface area contributed by atoms with Crippen molar-refractivity contribution >= 4 is 29.7 Å². The molecule has 0 aromatic carbocycles. The van der Waals surface area contributed by atoms with Gasteiger partial charge in [-0.15, -0.1) is 0 Å². The summed E-state index contributed by atoms with van der Waals surface area (Å²) in [5.41, 5.74) is -5.41. The fourth-order valence-corrected chi connectivity index (χ4v) is 8.70. The number of hydrogen-bond donors (Lipinski definition) is 1. The summed E-state index contributed by atoms with van der Waals surface area (Å²) in [6.07, 6.45) is -3.22. The van der Waals surface area contributed by atoms with Crippen molar-refractivity contribution < 1.29 is 48.0 Å². The van der Waals surface area contributed by atoms with E-state index in [1.807, 2.05) is 6.92 Å². The number of ether oxygens (including phenoxy) is 4. The zero-order valence-electron chi connectivity index (χ0n) is 23.1. The van der Waals surface area contributed by atoms with E-state index in [0.29, 0.717) is 12.8 Å². The Morgan fingerprint density at radius 3 is 1.92 bits per heavy atom. The number of hydrogen-bond acceptors (Lipinski definition) is 10. The van der Waals surface area contributed by atoms with Crippen LogP contribution in [0.5, 0.6) is 0 Å². The lowest BCUT2D eigenvalue weighted by atomic mass is 9.38. The molecule has 4 aliphatic rings. The Morgan fingerprint density at radius 1 is 0.868 bits per heavy atom. The van der Waals surface area contributed by atoms with Crippen LogP contribution in [-0.2, 0) is 42.9 Å². The number of aliphatic hydroxyl groups is 1. The molecule has 0 aromatic rings. The van der Waals surface area contributed by atoms with Crippen LogP contribution in [0.15, 0.2) is 12.2 Å². The lowest BCUT2D eigenvalue weighted by molar-refractivity contribution is -0.298. The number of carbonyl (C=O) groups excluding carboxylic acids is 5. The van der Waals surface area contributed by atoms with Crippen molar-refractivity contribution in [3.63, 3.8) is 0 Å². The van der Waals surface area contributed by atoms with E-state index in [-0.39, 0.29) is 29.7 Å². The van der Waals surface area contributed by atoms with Gasteiger partial charge in [-0.1, -0.05) is 27.4 Å². The molecule has 38 heavy (non-hydrogen) atoms. The largest absolute Gasteiger partial charge is 0.462 e. The Kier molecular flexibility index (Phi) is 6.61. The van der Waals surface area contributed by atoms with Gasteiger partial charge in [0.15, 0.2) is 11.9 Å². The Hall–Kier alpha value is -2.75. The second kappa shape index (κ2) is 8.89. The maximum Gasteiger partial charge on any atom is 0.303 e. The summed E-state index contributed by atoms with van der Waals surface area (Å²) in [6, 6.07) is 0. The van der Waals surface area contributed by atoms with Crippen LogP contribution in [0.3, 0.4) is 0 Å². The first-order valence-corrected chi connectivity index (χ1v) is 13.1. The smallest absolute Gasteiger partial charge is 0.303 e. The van der Waals surface area contributed by atoms with E-state index in [2.05, 4.69) is 20.4 Å². The summed E-state index contributed by atoms with van der Waals surface area (Å²) in [4.78, 5) is 63.9. The topological polar surface area (TPSA) is 143 Å². The standard InChI is InChI=1S/C28H38O10/c1-13-23(33)28-21(37-16(4)31)11-19-25(6,7)10-9-20(36-15(3)30)26(19,8)22(28)18(35-14(2)29)12-27(13,34)24(28)38-17(5)32/h18-22,24,34H,1,9-12H2,2-8H3/t18-,19+,20+,21+,22-,24+,26-,27+,28-/m0/s1. The molecule has 0 heterocycles. The molecule has 0 aliphatic heterocycles. The Morgan fingerprint density at radius 2 is 1.39 bits per heavy atom. The number of ketones is 1. The quantitative estimate of drug-likeness (QED) is 0.325. The lowest BCUT2D eigenvalue weighted by Crippen LogP contribution is -2.76. The van der Waals surface area contributed by atoms with Crippen molar-refractivity contribution in [3.8, 4) is 0 Å². The molecule has 2 bridgehead atoms. The summed E-state index contributed by atoms with van der Waals surface area (Å²) in [6.45, 7) is 14.9. The fraction of sp³-hybridized carbons (Fsp3) is 0.750. The number of rotatable bonds is 4. The zero-order chi connectivity index (χ0) is 28.6. The van der Waals surface area contributed by atoms with Crippen LogP contribution < -0.4 is 0 Å². The molecule has 4 fully saturated rings. The highest BCUT2D eigenvalue weighted by molar-refractivity contribution is 6.07. The van der Waals surface area contributed by atoms with Crippen LogP contribution in [0.25, 0.3) is 0 Å². The maximum atomic E-state index is 14.4. The number of esters is 4. The summed E-state index contributed by atoms with van der Waals surface area (Å²) < 4.78 is 23.3. The summed E-state index contributed by atoms with van der Waals surface area (Å²) in [7, 11) is 0. The highest BCUT2D eigenvalue weighted by atomic mass is 16.6. The molecule has 4 aliphatic carbocycles. The van der Waals surface area contributed by atoms with Crippen LogP contribution >= 0.6 is 0 Å². The van der Waals surface area contributed by atoms with Gasteiger partial charge in [-0.25, -0.2) is 0 Å². The van der Waals surface area contributed by atoms with Crippen LogP contribution in [0, 0.1) is 28.1 Å². The van der Waals surface area contributed by atoms with Crippen molar-refractivity contribution in [2.45, 2.75) is 104 Å². The molecule has 0 unspecified atom stereocenters. The second-order valence-corrected chi connectivity index (χ2v) is 12.4. The summed E-state index contributed by atoms with van der Waals surface area (Å²) >= 11 is 0. The first-order valence-electron chi connectivity index (χ1n) is 13.1. The molecular formula is C28H38O10. The van der Waals surface area contributed by atoms with E-state index in [1.165, 1.54) is 27.7 Å². The number of Topliss-reactive ketones (excluding diaryl/α,β-unsaturated/α-hetero) is 1. The van der Waals surface area contributed by atoms with Gasteiger partial charge in [0.2, 0.25) is 0 Å². The van der Waals surface area contributed by atoms with Crippen molar-refractivity contribution in [2.75, 3.05) is 0 Å². The Bertz CT molecular complexity index is 1110. The molecule has 1 spiro atoms. The normalized spacial score (nSPS) is 42.8. The Labute approximate surface area is 222 Å². The zero-order valence-corrected chi connectivity index (χ0v) is 23.1. The van der Waals surface area contributed by atoms with Crippen LogP contribution in [0.2, 0.25) is 0 Å². The molecule has 10 heteroatoms. The minimum Gasteiger partial charge on any atom is -0.462 e. The van der Waals surface area contributed by atoms with Gasteiger partial charge in [-0.3, -0.25) is 24.0 Å². The van der Waals surface area contributed by atoms with Gasteiger partial charge in [0.1, 0.15) is 29.3 Å². The summed E-state index contributed by atoms with van der Waals surface area (Å²) in [5.74, 6) is -4.34. The second-order valence-electron chi connectivity index (χ2n) is 12.4. The van der Waals surface area contributed by atoms with Crippen LogP contribution in [0.4, 0.5) is 0 Å². The van der Waals surface area contributed by atoms with Crippen LogP contribution in [0.1, 0.15) is 74.1 Å². The monoisotopic (exact) mass is 534 g/mol. The molecule has 0 aromatic heterocycles. The highest BCUT2D eigenvalue weighted by Crippen LogP contribution is 2.73. The summed E-state index contributed by atoms with van der Waals surface area (Å²) in [5, 5.41) is 11.9. The molecule has 0 amide bonds. The molecule has 10 nitrogen and oxygen atoms in total. The maximum absolute atomic E-state index is 14.4. The average Bonchev–Trinajstić information content (AvgIpc) is 2.85. The van der Waals surface area contributed by atoms with Gasteiger partial charge < -0.3 is 24.1 Å². The van der Waals surface area contributed by atoms with Crippen molar-refractivity contribution in [2.24, 2.45) is 28.1 Å². The molecule has 0 radical (unpaired) electrons. The van der Waals surface area contributed by atoms with E-state index in [0.717, 1.165) is 0 Å². The number of carbonyl (C=O) groups is 5. The predicted molar refractivity (Wildman–Crippen MR) is 131 cm³/mol. The van der Waals surface area contributed by atoms with Gasteiger partial charge in [0, 0.05) is 51.0 Å². The molecule has 1 N–H and O–H groups in total. The van der Waals surface area contributed by atoms with E-state index in [9.17, 15) is 29.1 Å². The highest BCUT2D eigenvalue weighted by Gasteiger charge is 2.84. The van der Waals surface area contributed by atoms with Gasteiger partial charge in [-0.05, 0) is 30.6 Å². The molecule has 4 rings (SSSR count). The first kappa shape index (κ1) is 28.3. The molecule has 210 valence electrons. The van der Waals surface area contributed by atoms with Gasteiger partial charge in [0.25, 0.3) is 0 Å². The third-order valence-electron chi connectivity index (χ3n) is 9.77. The molecule has 0 saturated heterocycles. The SMILES string of the molecule is C=C1C(=O)[C@]23[C@H](OC(C)=O)C[C@@H]4C(C)(C)CC[C@@H](OC(C)=O)[C@@]4(C)[C@@H]2[C@@H](OC(C)=O)C[C@]1(O)[C@H]3OC(C)=O. The number of fused-ring (bicyclic) bond motifs is 3. The minimum absolute atomic E-state index is 0.178. The predicted octanol–water partition coefficient (Wildman–Crippen LogP) is 2.44. The van der Waals surface area contributed by atoms with E-state index in [1.54, 1.807) is 0 Å². The molecular weight excluding hydrogens is 496 g/mol.